The SMILES string of the molecule is O=C(Nc1nccc(COc2nsnc2N2CCN(C(=O)Nc3cc(C(F)(F)F)cc(C(F)(F)F)c3)CC2)n1)OCCN1CCCCC1. The number of alkyl halides is 6. The monoisotopic (exact) mass is 703 g/mol. The first-order chi connectivity index (χ1) is 22.8. The van der Waals surface area contributed by atoms with E-state index in [1.807, 2.05) is 0 Å². The summed E-state index contributed by atoms with van der Waals surface area (Å²) in [5, 5.41) is 4.64. The van der Waals surface area contributed by atoms with E-state index in [2.05, 4.69) is 34.2 Å². The zero-order valence-electron chi connectivity index (χ0n) is 25.3. The zero-order chi connectivity index (χ0) is 34.3. The topological polar surface area (TPSA) is 138 Å². The van der Waals surface area contributed by atoms with Gasteiger partial charge in [-0.05, 0) is 50.2 Å². The number of nitrogens with one attached hydrogen (secondary N) is 2. The maximum absolute atomic E-state index is 13.2. The van der Waals surface area contributed by atoms with Crippen LogP contribution in [0.5, 0.6) is 5.88 Å². The minimum absolute atomic E-state index is 0.00876. The number of carbonyl (C=O) groups is 2. The third-order valence-electron chi connectivity index (χ3n) is 7.52. The Bertz CT molecular complexity index is 1530. The number of halogens is 6. The predicted molar refractivity (Wildman–Crippen MR) is 161 cm³/mol. The normalized spacial score (nSPS) is 16.0. The summed E-state index contributed by atoms with van der Waals surface area (Å²) in [6.45, 7) is 3.46. The molecule has 2 saturated heterocycles. The summed E-state index contributed by atoms with van der Waals surface area (Å²) >= 11 is 0.887. The molecule has 2 aromatic heterocycles. The summed E-state index contributed by atoms with van der Waals surface area (Å²) in [7, 11) is 0. The van der Waals surface area contributed by atoms with Gasteiger partial charge in [-0.1, -0.05) is 6.42 Å². The smallest absolute Gasteiger partial charge is 0.416 e. The summed E-state index contributed by atoms with van der Waals surface area (Å²) in [5.74, 6) is 0.606. The highest BCUT2D eigenvalue weighted by Gasteiger charge is 2.37. The van der Waals surface area contributed by atoms with E-state index in [0.29, 0.717) is 30.2 Å². The quantitative estimate of drug-likeness (QED) is 0.281. The van der Waals surface area contributed by atoms with Crippen molar-refractivity contribution in [2.45, 2.75) is 38.2 Å². The summed E-state index contributed by atoms with van der Waals surface area (Å²) in [6, 6.07) is 1.63. The van der Waals surface area contributed by atoms with Gasteiger partial charge < -0.3 is 24.6 Å². The molecule has 20 heteroatoms. The van der Waals surface area contributed by atoms with E-state index in [0.717, 1.165) is 37.7 Å². The van der Waals surface area contributed by atoms with Crippen LogP contribution in [0.25, 0.3) is 0 Å². The maximum atomic E-state index is 13.2. The Morgan fingerprint density at radius 1 is 0.875 bits per heavy atom. The minimum atomic E-state index is -5.04. The first kappa shape index (κ1) is 34.9. The van der Waals surface area contributed by atoms with Crippen LogP contribution in [-0.4, -0.2) is 93.1 Å². The standard InChI is InChI=1S/C28H31F6N9O4S/c29-27(30,31)18-14-19(28(32,33)34)16-21(15-18)37-25(44)43-10-8-42(9-11-43)22-23(40-48-39-22)47-17-20-4-5-35-24(36-20)38-26(45)46-13-12-41-6-2-1-3-7-41/h4-5,14-16H,1-3,6-13,17H2,(H,37,44)(H,35,36,38,45). The Hall–Kier alpha value is -4.46. The maximum Gasteiger partial charge on any atom is 0.416 e. The van der Waals surface area contributed by atoms with Crippen LogP contribution in [0.15, 0.2) is 30.5 Å². The number of aromatic nitrogens is 4. The van der Waals surface area contributed by atoms with Gasteiger partial charge in [0.1, 0.15) is 13.2 Å². The number of piperazine rings is 1. The Labute approximate surface area is 274 Å². The molecule has 2 fully saturated rings. The van der Waals surface area contributed by atoms with Gasteiger partial charge in [-0.2, -0.15) is 30.7 Å². The van der Waals surface area contributed by atoms with Crippen molar-refractivity contribution in [3.8, 4) is 5.88 Å². The Balaban J connectivity index is 1.10. The molecule has 2 aliphatic heterocycles. The molecule has 0 atom stereocenters. The highest BCUT2D eigenvalue weighted by Crippen LogP contribution is 2.37. The van der Waals surface area contributed by atoms with Crippen molar-refractivity contribution < 1.29 is 45.4 Å². The van der Waals surface area contributed by atoms with Gasteiger partial charge in [-0.25, -0.2) is 19.6 Å². The van der Waals surface area contributed by atoms with E-state index in [4.69, 9.17) is 9.47 Å². The fraction of sp³-hybridized carbons (Fsp3) is 0.500. The number of carbonyl (C=O) groups excluding carboxylic acids is 2. The third-order valence-corrected chi connectivity index (χ3v) is 8.02. The minimum Gasteiger partial charge on any atom is -0.468 e. The number of ether oxygens (including phenoxy) is 2. The van der Waals surface area contributed by atoms with Crippen molar-refractivity contribution in [1.82, 2.24) is 28.5 Å². The fourth-order valence-corrected chi connectivity index (χ4v) is 5.59. The molecule has 3 aromatic rings. The summed E-state index contributed by atoms with van der Waals surface area (Å²) in [5.41, 5.74) is -3.26. The average Bonchev–Trinajstić information content (AvgIpc) is 3.52. The van der Waals surface area contributed by atoms with Crippen molar-refractivity contribution in [2.75, 3.05) is 68.0 Å². The number of nitrogens with zero attached hydrogens (tertiary/aromatic N) is 7. The summed E-state index contributed by atoms with van der Waals surface area (Å²) in [6.07, 6.45) is -5.82. The zero-order valence-corrected chi connectivity index (χ0v) is 26.1. The third kappa shape index (κ3) is 9.55. The molecular weight excluding hydrogens is 672 g/mol. The molecular formula is C28H31F6N9O4S. The van der Waals surface area contributed by atoms with Gasteiger partial charge in [0.25, 0.3) is 5.88 Å². The molecule has 0 unspecified atom stereocenters. The van der Waals surface area contributed by atoms with Crippen LogP contribution in [0.1, 0.15) is 36.1 Å². The molecule has 2 aliphatic rings. The molecule has 48 heavy (non-hydrogen) atoms. The van der Waals surface area contributed by atoms with E-state index < -0.39 is 41.3 Å². The van der Waals surface area contributed by atoms with Crippen LogP contribution in [0.3, 0.4) is 0 Å². The molecule has 1 aromatic carbocycles. The van der Waals surface area contributed by atoms with Crippen molar-refractivity contribution in [1.29, 1.82) is 0 Å². The van der Waals surface area contributed by atoms with E-state index >= 15 is 0 Å². The first-order valence-corrected chi connectivity index (χ1v) is 15.6. The second-order valence-corrected chi connectivity index (χ2v) is 11.4. The number of hydrogen-bond donors (Lipinski definition) is 2. The molecule has 13 nitrogen and oxygen atoms in total. The van der Waals surface area contributed by atoms with Gasteiger partial charge in [-0.15, -0.1) is 4.37 Å². The van der Waals surface area contributed by atoms with Crippen LogP contribution in [-0.2, 0) is 23.7 Å². The number of likely N-dealkylation sites (tertiary alicyclic amines) is 1. The second kappa shape index (κ2) is 15.2. The van der Waals surface area contributed by atoms with Gasteiger partial charge in [0, 0.05) is 44.6 Å². The number of piperidine rings is 1. The molecule has 5 rings (SSSR count). The van der Waals surface area contributed by atoms with E-state index in [1.165, 1.54) is 17.5 Å². The number of rotatable bonds is 9. The van der Waals surface area contributed by atoms with Crippen LogP contribution in [0, 0.1) is 0 Å². The molecule has 0 aliphatic carbocycles. The van der Waals surface area contributed by atoms with Gasteiger partial charge in [-0.3, -0.25) is 10.2 Å². The number of anilines is 3. The van der Waals surface area contributed by atoms with E-state index in [9.17, 15) is 35.9 Å². The van der Waals surface area contributed by atoms with Crippen LogP contribution in [0.2, 0.25) is 0 Å². The molecule has 3 amide bonds. The van der Waals surface area contributed by atoms with Gasteiger partial charge >= 0.3 is 24.5 Å². The molecule has 2 N–H and O–H groups in total. The van der Waals surface area contributed by atoms with Crippen LogP contribution < -0.4 is 20.3 Å². The lowest BCUT2D eigenvalue weighted by Gasteiger charge is -2.34. The van der Waals surface area contributed by atoms with Gasteiger partial charge in [0.15, 0.2) is 0 Å². The number of hydrogen-bond acceptors (Lipinski definition) is 11. The van der Waals surface area contributed by atoms with Gasteiger partial charge in [0.05, 0.1) is 28.5 Å². The number of amides is 3. The highest BCUT2D eigenvalue weighted by molar-refractivity contribution is 6.99. The molecule has 0 radical (unpaired) electrons. The highest BCUT2D eigenvalue weighted by atomic mass is 32.1. The number of urea groups is 1. The molecule has 4 heterocycles. The average molecular weight is 704 g/mol. The van der Waals surface area contributed by atoms with E-state index in [1.54, 1.807) is 11.0 Å². The molecule has 0 bridgehead atoms. The van der Waals surface area contributed by atoms with Crippen LogP contribution >= 0.6 is 11.7 Å². The summed E-state index contributed by atoms with van der Waals surface area (Å²) < 4.78 is 98.7. The molecule has 0 spiro atoms. The number of benzene rings is 1. The Morgan fingerprint density at radius 3 is 2.23 bits per heavy atom. The second-order valence-electron chi connectivity index (χ2n) is 10.9. The predicted octanol–water partition coefficient (Wildman–Crippen LogP) is 5.33. The lowest BCUT2D eigenvalue weighted by atomic mass is 10.1. The van der Waals surface area contributed by atoms with Crippen molar-refractivity contribution >= 4 is 41.3 Å². The Kier molecular flexibility index (Phi) is 11.0. The fourth-order valence-electron chi connectivity index (χ4n) is 5.07. The van der Waals surface area contributed by atoms with Crippen LogP contribution in [0.4, 0.5) is 53.4 Å². The van der Waals surface area contributed by atoms with E-state index in [-0.39, 0.29) is 57.3 Å². The lowest BCUT2D eigenvalue weighted by Crippen LogP contribution is -2.50. The van der Waals surface area contributed by atoms with Crippen molar-refractivity contribution in [2.24, 2.45) is 0 Å². The van der Waals surface area contributed by atoms with Crippen molar-refractivity contribution in [3.05, 3.63) is 47.3 Å². The lowest BCUT2D eigenvalue weighted by molar-refractivity contribution is -0.143. The molecule has 0 saturated carbocycles. The van der Waals surface area contributed by atoms with Crippen molar-refractivity contribution in [3.63, 3.8) is 0 Å². The largest absolute Gasteiger partial charge is 0.468 e. The summed E-state index contributed by atoms with van der Waals surface area (Å²) in [4.78, 5) is 38.5. The first-order valence-electron chi connectivity index (χ1n) is 14.9. The molecule has 260 valence electrons. The Morgan fingerprint density at radius 2 is 1.56 bits per heavy atom. The van der Waals surface area contributed by atoms with Gasteiger partial charge in [0.2, 0.25) is 11.8 Å².